The first-order valence-electron chi connectivity index (χ1n) is 9.10. The van der Waals surface area contributed by atoms with Crippen molar-refractivity contribution >= 4 is 21.6 Å². The standard InChI is InChI=1S/C20H23FN2O4S/c1-14-12-17(21)6-9-19(14)28(25,26)23-18-7-4-16(5-8-18)20(24)22-10-11-27-13-15-2-3-15/h4-9,12,15,23H,2-3,10-11,13H2,1H3,(H,22,24). The number of anilines is 1. The molecule has 0 aliphatic heterocycles. The molecule has 0 heterocycles. The fourth-order valence-electron chi connectivity index (χ4n) is 2.69. The summed E-state index contributed by atoms with van der Waals surface area (Å²) >= 11 is 0. The summed E-state index contributed by atoms with van der Waals surface area (Å²) in [5.41, 5.74) is 1.04. The van der Waals surface area contributed by atoms with Gasteiger partial charge < -0.3 is 10.1 Å². The van der Waals surface area contributed by atoms with Crippen LogP contribution in [-0.2, 0) is 14.8 Å². The highest BCUT2D eigenvalue weighted by Gasteiger charge is 2.21. The van der Waals surface area contributed by atoms with E-state index >= 15 is 0 Å². The third-order valence-corrected chi connectivity index (χ3v) is 5.95. The third kappa shape index (κ3) is 5.53. The molecule has 2 N–H and O–H groups in total. The van der Waals surface area contributed by atoms with Crippen molar-refractivity contribution in [2.75, 3.05) is 24.5 Å². The molecule has 1 saturated carbocycles. The van der Waals surface area contributed by atoms with E-state index in [-0.39, 0.29) is 10.8 Å². The second kappa shape index (κ2) is 8.70. The Balaban J connectivity index is 1.54. The van der Waals surface area contributed by atoms with Crippen LogP contribution in [0.3, 0.4) is 0 Å². The van der Waals surface area contributed by atoms with E-state index < -0.39 is 15.8 Å². The predicted octanol–water partition coefficient (Wildman–Crippen LogP) is 3.09. The SMILES string of the molecule is Cc1cc(F)ccc1S(=O)(=O)Nc1ccc(C(=O)NCCOCC2CC2)cc1. The van der Waals surface area contributed by atoms with E-state index in [4.69, 9.17) is 4.74 Å². The molecule has 0 aromatic heterocycles. The first-order chi connectivity index (χ1) is 13.3. The lowest BCUT2D eigenvalue weighted by molar-refractivity contribution is 0.0906. The number of halogens is 1. The van der Waals surface area contributed by atoms with Gasteiger partial charge in [-0.15, -0.1) is 0 Å². The second-order valence-electron chi connectivity index (χ2n) is 6.87. The molecule has 28 heavy (non-hydrogen) atoms. The molecule has 8 heteroatoms. The molecule has 2 aromatic rings. The fourth-order valence-corrected chi connectivity index (χ4v) is 3.97. The van der Waals surface area contributed by atoms with Crippen LogP contribution in [0.15, 0.2) is 47.4 Å². The largest absolute Gasteiger partial charge is 0.379 e. The zero-order valence-electron chi connectivity index (χ0n) is 15.6. The van der Waals surface area contributed by atoms with E-state index in [0.717, 1.165) is 18.7 Å². The van der Waals surface area contributed by atoms with E-state index in [1.165, 1.54) is 50.1 Å². The zero-order chi connectivity index (χ0) is 20.1. The number of amides is 1. The van der Waals surface area contributed by atoms with Crippen molar-refractivity contribution in [2.24, 2.45) is 5.92 Å². The molecule has 1 fully saturated rings. The van der Waals surface area contributed by atoms with Gasteiger partial charge in [0.05, 0.1) is 11.5 Å². The number of carbonyl (C=O) groups excluding carboxylic acids is 1. The number of hydrogen-bond donors (Lipinski definition) is 2. The van der Waals surface area contributed by atoms with E-state index in [9.17, 15) is 17.6 Å². The minimum Gasteiger partial charge on any atom is -0.379 e. The number of sulfonamides is 1. The lowest BCUT2D eigenvalue weighted by Crippen LogP contribution is -2.27. The van der Waals surface area contributed by atoms with Crippen LogP contribution in [0.2, 0.25) is 0 Å². The normalized spacial score (nSPS) is 13.9. The van der Waals surface area contributed by atoms with Crippen molar-refractivity contribution in [1.82, 2.24) is 5.32 Å². The Hall–Kier alpha value is -2.45. The van der Waals surface area contributed by atoms with Crippen LogP contribution in [0.5, 0.6) is 0 Å². The summed E-state index contributed by atoms with van der Waals surface area (Å²) in [6.07, 6.45) is 2.45. The molecule has 0 radical (unpaired) electrons. The number of ether oxygens (including phenoxy) is 1. The number of nitrogens with one attached hydrogen (secondary N) is 2. The monoisotopic (exact) mass is 406 g/mol. The van der Waals surface area contributed by atoms with Gasteiger partial charge in [-0.25, -0.2) is 12.8 Å². The summed E-state index contributed by atoms with van der Waals surface area (Å²) < 4.78 is 46.1. The Morgan fingerprint density at radius 3 is 2.54 bits per heavy atom. The van der Waals surface area contributed by atoms with Gasteiger partial charge in [0.2, 0.25) is 0 Å². The van der Waals surface area contributed by atoms with Crippen molar-refractivity contribution in [2.45, 2.75) is 24.7 Å². The molecular weight excluding hydrogens is 383 g/mol. The van der Waals surface area contributed by atoms with Crippen LogP contribution in [0, 0.1) is 18.7 Å². The van der Waals surface area contributed by atoms with Crippen molar-refractivity contribution in [3.05, 3.63) is 59.4 Å². The van der Waals surface area contributed by atoms with Gasteiger partial charge in [0.15, 0.2) is 0 Å². The Labute approximate surface area is 164 Å². The summed E-state index contributed by atoms with van der Waals surface area (Å²) in [5, 5.41) is 2.76. The Morgan fingerprint density at radius 2 is 1.89 bits per heavy atom. The molecule has 3 rings (SSSR count). The summed E-state index contributed by atoms with van der Waals surface area (Å²) in [4.78, 5) is 12.1. The number of rotatable bonds is 9. The van der Waals surface area contributed by atoms with Gasteiger partial charge in [-0.1, -0.05) is 0 Å². The van der Waals surface area contributed by atoms with Crippen molar-refractivity contribution in [3.8, 4) is 0 Å². The summed E-state index contributed by atoms with van der Waals surface area (Å²) in [6.45, 7) is 3.17. The van der Waals surface area contributed by atoms with Crippen LogP contribution in [0.25, 0.3) is 0 Å². The fraction of sp³-hybridized carbons (Fsp3) is 0.350. The highest BCUT2D eigenvalue weighted by atomic mass is 32.2. The molecule has 150 valence electrons. The quantitative estimate of drug-likeness (QED) is 0.627. The molecule has 1 aliphatic rings. The smallest absolute Gasteiger partial charge is 0.262 e. The maximum absolute atomic E-state index is 13.2. The van der Waals surface area contributed by atoms with Gasteiger partial charge in [0.1, 0.15) is 5.82 Å². The van der Waals surface area contributed by atoms with Gasteiger partial charge in [-0.3, -0.25) is 9.52 Å². The topological polar surface area (TPSA) is 84.5 Å². The molecule has 0 atom stereocenters. The molecule has 1 amide bonds. The summed E-state index contributed by atoms with van der Waals surface area (Å²) in [7, 11) is -3.85. The molecule has 1 aliphatic carbocycles. The highest BCUT2D eigenvalue weighted by molar-refractivity contribution is 7.92. The van der Waals surface area contributed by atoms with E-state index in [0.29, 0.717) is 35.9 Å². The average Bonchev–Trinajstić information content (AvgIpc) is 3.45. The van der Waals surface area contributed by atoms with Crippen LogP contribution >= 0.6 is 0 Å². The molecule has 0 spiro atoms. The first-order valence-corrected chi connectivity index (χ1v) is 10.6. The van der Waals surface area contributed by atoms with E-state index in [1.807, 2.05) is 0 Å². The van der Waals surface area contributed by atoms with E-state index in [1.54, 1.807) is 0 Å². The second-order valence-corrected chi connectivity index (χ2v) is 8.52. The molecule has 0 saturated heterocycles. The minimum atomic E-state index is -3.85. The maximum atomic E-state index is 13.2. The predicted molar refractivity (Wildman–Crippen MR) is 104 cm³/mol. The number of aryl methyl sites for hydroxylation is 1. The zero-order valence-corrected chi connectivity index (χ0v) is 16.4. The van der Waals surface area contributed by atoms with E-state index in [2.05, 4.69) is 10.0 Å². The summed E-state index contributed by atoms with van der Waals surface area (Å²) in [6, 6.07) is 9.58. The Bertz CT molecular complexity index is 941. The number of carbonyl (C=O) groups is 1. The lowest BCUT2D eigenvalue weighted by Gasteiger charge is -2.11. The van der Waals surface area contributed by atoms with Crippen LogP contribution in [-0.4, -0.2) is 34.1 Å². The third-order valence-electron chi connectivity index (χ3n) is 4.41. The first kappa shape index (κ1) is 20.3. The van der Waals surface area contributed by atoms with Crippen LogP contribution in [0.4, 0.5) is 10.1 Å². The minimum absolute atomic E-state index is 0.00178. The Kier molecular flexibility index (Phi) is 6.31. The number of benzene rings is 2. The van der Waals surface area contributed by atoms with Gasteiger partial charge in [-0.2, -0.15) is 0 Å². The van der Waals surface area contributed by atoms with Gasteiger partial charge >= 0.3 is 0 Å². The van der Waals surface area contributed by atoms with Gasteiger partial charge in [0.25, 0.3) is 15.9 Å². The molecule has 0 bridgehead atoms. The average molecular weight is 406 g/mol. The van der Waals surface area contributed by atoms with Gasteiger partial charge in [0, 0.05) is 24.4 Å². The molecule has 0 unspecified atom stereocenters. The van der Waals surface area contributed by atoms with Crippen LogP contribution < -0.4 is 10.0 Å². The van der Waals surface area contributed by atoms with Crippen molar-refractivity contribution in [3.63, 3.8) is 0 Å². The van der Waals surface area contributed by atoms with Crippen molar-refractivity contribution in [1.29, 1.82) is 0 Å². The van der Waals surface area contributed by atoms with Gasteiger partial charge in [-0.05, 0) is 73.7 Å². The molecule has 6 nitrogen and oxygen atoms in total. The molecule has 2 aromatic carbocycles. The van der Waals surface area contributed by atoms with Crippen molar-refractivity contribution < 1.29 is 22.3 Å². The number of hydrogen-bond acceptors (Lipinski definition) is 4. The highest BCUT2D eigenvalue weighted by Crippen LogP contribution is 2.28. The van der Waals surface area contributed by atoms with Crippen LogP contribution in [0.1, 0.15) is 28.8 Å². The lowest BCUT2D eigenvalue weighted by atomic mass is 10.2. The summed E-state index contributed by atoms with van der Waals surface area (Å²) in [5.74, 6) is -0.0608. The Morgan fingerprint density at radius 1 is 1.18 bits per heavy atom. The molecular formula is C20H23FN2O4S. The maximum Gasteiger partial charge on any atom is 0.262 e.